The van der Waals surface area contributed by atoms with E-state index in [9.17, 15) is 9.59 Å². The van der Waals surface area contributed by atoms with Crippen molar-refractivity contribution < 1.29 is 19.1 Å². The molecule has 0 saturated heterocycles. The van der Waals surface area contributed by atoms with Gasteiger partial charge in [-0.05, 0) is 54.4 Å². The van der Waals surface area contributed by atoms with Crippen molar-refractivity contribution in [2.75, 3.05) is 14.2 Å². The quantitative estimate of drug-likeness (QED) is 0.413. The summed E-state index contributed by atoms with van der Waals surface area (Å²) in [5.41, 5.74) is 1.48. The molecular formula is C23H28O4. The van der Waals surface area contributed by atoms with Gasteiger partial charge < -0.3 is 9.47 Å². The predicted molar refractivity (Wildman–Crippen MR) is 105 cm³/mol. The van der Waals surface area contributed by atoms with Crippen molar-refractivity contribution in [3.63, 3.8) is 0 Å². The normalized spacial score (nSPS) is 29.8. The van der Waals surface area contributed by atoms with Gasteiger partial charge in [-0.15, -0.1) is 13.2 Å². The van der Waals surface area contributed by atoms with Gasteiger partial charge in [0.25, 0.3) is 0 Å². The highest BCUT2D eigenvalue weighted by molar-refractivity contribution is 6.04. The van der Waals surface area contributed by atoms with Crippen molar-refractivity contribution in [2.24, 2.45) is 23.2 Å². The Bertz CT molecular complexity index is 763. The van der Waals surface area contributed by atoms with Crippen LogP contribution in [0.2, 0.25) is 0 Å². The lowest BCUT2D eigenvalue weighted by Crippen LogP contribution is -2.47. The maximum atomic E-state index is 13.8. The molecule has 1 saturated carbocycles. The number of ketones is 1. The smallest absolute Gasteiger partial charge is 0.316 e. The summed E-state index contributed by atoms with van der Waals surface area (Å²) in [6.45, 7) is 9.83. The Balaban J connectivity index is 1.98. The van der Waals surface area contributed by atoms with E-state index in [-0.39, 0.29) is 23.5 Å². The van der Waals surface area contributed by atoms with Gasteiger partial charge in [0.2, 0.25) is 0 Å². The van der Waals surface area contributed by atoms with Crippen LogP contribution in [0.1, 0.15) is 36.8 Å². The van der Waals surface area contributed by atoms with Crippen LogP contribution in [0.3, 0.4) is 0 Å². The first-order valence-corrected chi connectivity index (χ1v) is 9.46. The second-order valence-electron chi connectivity index (χ2n) is 7.78. The highest BCUT2D eigenvalue weighted by Crippen LogP contribution is 2.53. The first-order valence-electron chi connectivity index (χ1n) is 9.46. The van der Waals surface area contributed by atoms with Crippen LogP contribution in [0.15, 0.2) is 43.5 Å². The molecule has 2 aliphatic rings. The molecule has 3 rings (SSSR count). The summed E-state index contributed by atoms with van der Waals surface area (Å²) in [5.74, 6) is -0.595. The van der Waals surface area contributed by atoms with Crippen LogP contribution in [0.25, 0.3) is 0 Å². The van der Waals surface area contributed by atoms with Crippen molar-refractivity contribution in [1.29, 1.82) is 0 Å². The van der Waals surface area contributed by atoms with Crippen LogP contribution >= 0.6 is 0 Å². The van der Waals surface area contributed by atoms with Gasteiger partial charge in [-0.3, -0.25) is 9.59 Å². The number of hydrogen-bond acceptors (Lipinski definition) is 4. The van der Waals surface area contributed by atoms with E-state index < -0.39 is 17.3 Å². The molecule has 4 nitrogen and oxygen atoms in total. The second-order valence-corrected chi connectivity index (χ2v) is 7.78. The molecule has 0 aliphatic heterocycles. The van der Waals surface area contributed by atoms with Crippen molar-refractivity contribution in [3.05, 3.63) is 54.6 Å². The van der Waals surface area contributed by atoms with Crippen molar-refractivity contribution >= 4 is 11.8 Å². The lowest BCUT2D eigenvalue weighted by atomic mass is 9.61. The van der Waals surface area contributed by atoms with Crippen molar-refractivity contribution in [2.45, 2.75) is 32.1 Å². The third-order valence-electron chi connectivity index (χ3n) is 6.76. The highest BCUT2D eigenvalue weighted by atomic mass is 16.5. The summed E-state index contributed by atoms with van der Waals surface area (Å²) in [6, 6.07) is 5.81. The number of hydrogen-bond donors (Lipinski definition) is 0. The van der Waals surface area contributed by atoms with E-state index in [1.807, 2.05) is 37.3 Å². The van der Waals surface area contributed by atoms with Crippen molar-refractivity contribution in [3.8, 4) is 5.75 Å². The maximum absolute atomic E-state index is 13.8. The van der Waals surface area contributed by atoms with E-state index in [4.69, 9.17) is 9.47 Å². The van der Waals surface area contributed by atoms with Gasteiger partial charge in [-0.2, -0.15) is 0 Å². The van der Waals surface area contributed by atoms with Crippen molar-refractivity contribution in [1.82, 2.24) is 0 Å². The number of benzene rings is 1. The van der Waals surface area contributed by atoms with Gasteiger partial charge in [0.1, 0.15) is 11.7 Å². The lowest BCUT2D eigenvalue weighted by molar-refractivity contribution is -0.155. The Hall–Kier alpha value is -2.36. The van der Waals surface area contributed by atoms with E-state index in [1.165, 1.54) is 7.11 Å². The molecule has 0 radical (unpaired) electrons. The molecule has 144 valence electrons. The minimum absolute atomic E-state index is 0.0376. The SMILES string of the molecule is C=C[C@@H]1CC[C@H](C=C)C1(C)C(=O)C(C(=O)OC)C1Cc2cc(OC)ccc21. The van der Waals surface area contributed by atoms with Crippen LogP contribution in [0.4, 0.5) is 0 Å². The molecule has 4 heteroatoms. The summed E-state index contributed by atoms with van der Waals surface area (Å²) in [7, 11) is 2.98. The summed E-state index contributed by atoms with van der Waals surface area (Å²) >= 11 is 0. The number of ether oxygens (including phenoxy) is 2. The second kappa shape index (κ2) is 7.34. The van der Waals surface area contributed by atoms with E-state index in [1.54, 1.807) is 7.11 Å². The average molecular weight is 368 g/mol. The first kappa shape index (κ1) is 19.4. The number of allylic oxidation sites excluding steroid dienone is 2. The third kappa shape index (κ3) is 2.91. The molecule has 0 heterocycles. The number of rotatable bonds is 7. The molecule has 1 aromatic rings. The molecule has 0 N–H and O–H groups in total. The molecule has 27 heavy (non-hydrogen) atoms. The number of methoxy groups -OCH3 is 2. The maximum Gasteiger partial charge on any atom is 0.316 e. The first-order chi connectivity index (χ1) is 12.9. The van der Waals surface area contributed by atoms with E-state index in [0.29, 0.717) is 6.42 Å². The van der Waals surface area contributed by atoms with Crippen LogP contribution in [0.5, 0.6) is 5.75 Å². The molecule has 1 fully saturated rings. The Morgan fingerprint density at radius 3 is 2.30 bits per heavy atom. The fourth-order valence-electron chi connectivity index (χ4n) is 5.00. The van der Waals surface area contributed by atoms with Gasteiger partial charge in [-0.1, -0.05) is 25.1 Å². The summed E-state index contributed by atoms with van der Waals surface area (Å²) < 4.78 is 10.3. The highest BCUT2D eigenvalue weighted by Gasteiger charge is 2.55. The summed E-state index contributed by atoms with van der Waals surface area (Å²) in [4.78, 5) is 26.4. The minimum Gasteiger partial charge on any atom is -0.497 e. The van der Waals surface area contributed by atoms with Gasteiger partial charge in [-0.25, -0.2) is 0 Å². The number of esters is 1. The van der Waals surface area contributed by atoms with Gasteiger partial charge in [0.05, 0.1) is 14.2 Å². The summed E-state index contributed by atoms with van der Waals surface area (Å²) in [5, 5.41) is 0. The molecule has 5 atom stereocenters. The predicted octanol–water partition coefficient (Wildman–Crippen LogP) is 4.10. The van der Waals surface area contributed by atoms with Gasteiger partial charge in [0, 0.05) is 11.3 Å². The Kier molecular flexibility index (Phi) is 5.27. The van der Waals surface area contributed by atoms with Crippen LogP contribution in [0, 0.1) is 23.2 Å². The Morgan fingerprint density at radius 1 is 1.19 bits per heavy atom. The fourth-order valence-corrected chi connectivity index (χ4v) is 5.00. The van der Waals surface area contributed by atoms with E-state index in [0.717, 1.165) is 29.7 Å². The monoisotopic (exact) mass is 368 g/mol. The minimum atomic E-state index is -0.802. The zero-order valence-corrected chi connectivity index (χ0v) is 16.4. The van der Waals surface area contributed by atoms with Crippen LogP contribution in [-0.2, 0) is 20.7 Å². The fraction of sp³-hybridized carbons (Fsp3) is 0.478. The number of carbonyl (C=O) groups excluding carboxylic acids is 2. The van der Waals surface area contributed by atoms with Gasteiger partial charge >= 0.3 is 5.97 Å². The van der Waals surface area contributed by atoms with E-state index >= 15 is 0 Å². The largest absolute Gasteiger partial charge is 0.497 e. The molecule has 0 aromatic heterocycles. The van der Waals surface area contributed by atoms with Crippen LogP contribution < -0.4 is 4.74 Å². The number of fused-ring (bicyclic) bond motifs is 1. The summed E-state index contributed by atoms with van der Waals surface area (Å²) in [6.07, 6.45) is 6.15. The molecule has 1 aromatic carbocycles. The number of Topliss-reactive ketones (excluding diaryl/α,β-unsaturated/α-hetero) is 1. The third-order valence-corrected chi connectivity index (χ3v) is 6.76. The van der Waals surface area contributed by atoms with Gasteiger partial charge in [0.15, 0.2) is 5.78 Å². The average Bonchev–Trinajstić information content (AvgIpc) is 3.01. The molecule has 0 spiro atoms. The Labute approximate surface area is 161 Å². The molecule has 2 aliphatic carbocycles. The molecule has 3 unspecified atom stereocenters. The zero-order valence-electron chi connectivity index (χ0n) is 16.4. The topological polar surface area (TPSA) is 52.6 Å². The molecular weight excluding hydrogens is 340 g/mol. The zero-order chi connectivity index (χ0) is 19.8. The Morgan fingerprint density at radius 2 is 1.81 bits per heavy atom. The molecule has 0 amide bonds. The standard InChI is InChI=1S/C23H28O4/c1-6-15-8-9-16(7-2)23(15,3)21(24)20(22(25)27-5)19-13-14-12-17(26-4)10-11-18(14)19/h6-7,10-12,15-16,19-20H,1-2,8-9,13H2,3-5H3/t15-,16+,19?,20?,23?. The molecule has 0 bridgehead atoms. The number of carbonyl (C=O) groups is 2. The lowest BCUT2D eigenvalue weighted by Gasteiger charge is -2.41. The van der Waals surface area contributed by atoms with Crippen LogP contribution in [-0.4, -0.2) is 26.0 Å². The van der Waals surface area contributed by atoms with E-state index in [2.05, 4.69) is 13.2 Å².